The molecule has 1 aromatic heterocycles. The van der Waals surface area contributed by atoms with E-state index in [9.17, 15) is 4.79 Å². The third kappa shape index (κ3) is 4.31. The maximum atomic E-state index is 12.3. The fourth-order valence-corrected chi connectivity index (χ4v) is 3.26. The summed E-state index contributed by atoms with van der Waals surface area (Å²) in [6.45, 7) is 3.67. The number of carbonyl (C=O) groups excluding carboxylic acids is 1. The summed E-state index contributed by atoms with van der Waals surface area (Å²) in [4.78, 5) is 15.7. The van der Waals surface area contributed by atoms with E-state index in [0.29, 0.717) is 18.9 Å². The quantitative estimate of drug-likeness (QED) is 0.653. The molecule has 3 aromatic rings. The van der Waals surface area contributed by atoms with Gasteiger partial charge in [0.05, 0.1) is 19.2 Å². The fourth-order valence-electron chi connectivity index (χ4n) is 3.26. The molecule has 0 aliphatic heterocycles. The lowest BCUT2D eigenvalue weighted by Crippen LogP contribution is -3.06. The average Bonchev–Trinajstić information content (AvgIpc) is 3.01. The normalized spacial score (nSPS) is 12.1. The van der Waals surface area contributed by atoms with E-state index in [4.69, 9.17) is 9.15 Å². The standard InChI is InChI=1S/C22H26N2O3/c1-5-26-22(25)21-19(18-8-6-7-9-20(18)27-21)15-24(4)14-16-10-12-17(13-11-16)23(2)3/h6-13H,5,14-15H2,1-4H3/p+1. The molecule has 0 bridgehead atoms. The van der Waals surface area contributed by atoms with Gasteiger partial charge in [0.2, 0.25) is 5.76 Å². The zero-order valence-corrected chi connectivity index (χ0v) is 16.4. The number of furan rings is 1. The van der Waals surface area contributed by atoms with Crippen LogP contribution in [0.15, 0.2) is 52.9 Å². The molecule has 2 aromatic carbocycles. The van der Waals surface area contributed by atoms with Crippen LogP contribution in [0.25, 0.3) is 11.0 Å². The highest BCUT2D eigenvalue weighted by molar-refractivity contribution is 5.96. The number of carbonyl (C=O) groups is 1. The monoisotopic (exact) mass is 367 g/mol. The van der Waals surface area contributed by atoms with Gasteiger partial charge in [0.15, 0.2) is 0 Å². The Hall–Kier alpha value is -2.79. The highest BCUT2D eigenvalue weighted by atomic mass is 16.5. The molecule has 0 spiro atoms. The van der Waals surface area contributed by atoms with Crippen LogP contribution in [0.2, 0.25) is 0 Å². The van der Waals surface area contributed by atoms with Gasteiger partial charge in [0.1, 0.15) is 18.7 Å². The molecule has 0 aliphatic rings. The highest BCUT2D eigenvalue weighted by Crippen LogP contribution is 2.26. The van der Waals surface area contributed by atoms with Crippen LogP contribution in [0, 0.1) is 0 Å². The van der Waals surface area contributed by atoms with Crippen molar-refractivity contribution in [3.8, 4) is 0 Å². The molecule has 0 saturated carbocycles. The smallest absolute Gasteiger partial charge is 0.374 e. The maximum Gasteiger partial charge on any atom is 0.374 e. The first-order valence-corrected chi connectivity index (χ1v) is 9.24. The van der Waals surface area contributed by atoms with E-state index in [0.717, 1.165) is 23.1 Å². The van der Waals surface area contributed by atoms with Crippen LogP contribution in [0.4, 0.5) is 5.69 Å². The Bertz CT molecular complexity index is 913. The summed E-state index contributed by atoms with van der Waals surface area (Å²) in [5.74, 6) is -0.0767. The topological polar surface area (TPSA) is 47.1 Å². The number of benzene rings is 2. The second-order valence-corrected chi connectivity index (χ2v) is 7.00. The van der Waals surface area contributed by atoms with Gasteiger partial charge in [-0.05, 0) is 25.1 Å². The fraction of sp³-hybridized carbons (Fsp3) is 0.318. The number of esters is 1. The number of ether oxygens (including phenoxy) is 1. The maximum absolute atomic E-state index is 12.3. The van der Waals surface area contributed by atoms with Gasteiger partial charge in [0, 0.05) is 30.7 Å². The van der Waals surface area contributed by atoms with Crippen LogP contribution < -0.4 is 9.80 Å². The lowest BCUT2D eigenvalue weighted by atomic mass is 10.1. The van der Waals surface area contributed by atoms with Gasteiger partial charge in [0.25, 0.3) is 0 Å². The van der Waals surface area contributed by atoms with Crippen molar-refractivity contribution in [2.75, 3.05) is 32.6 Å². The van der Waals surface area contributed by atoms with Crippen molar-refractivity contribution in [2.24, 2.45) is 0 Å². The van der Waals surface area contributed by atoms with Gasteiger partial charge < -0.3 is 19.0 Å². The summed E-state index contributed by atoms with van der Waals surface area (Å²) in [5, 5.41) is 0.975. The lowest BCUT2D eigenvalue weighted by molar-refractivity contribution is -0.907. The van der Waals surface area contributed by atoms with E-state index < -0.39 is 5.97 Å². The largest absolute Gasteiger partial charge is 0.460 e. The van der Waals surface area contributed by atoms with Crippen LogP contribution in [-0.2, 0) is 17.8 Å². The summed E-state index contributed by atoms with van der Waals surface area (Å²) >= 11 is 0. The molecule has 0 fully saturated rings. The first-order chi connectivity index (χ1) is 13.0. The molecule has 5 heteroatoms. The number of nitrogens with zero attached hydrogens (tertiary/aromatic N) is 1. The molecule has 0 radical (unpaired) electrons. The number of hydrogen-bond acceptors (Lipinski definition) is 4. The number of hydrogen-bond donors (Lipinski definition) is 1. The van der Waals surface area contributed by atoms with Crippen LogP contribution >= 0.6 is 0 Å². The molecule has 1 atom stereocenters. The highest BCUT2D eigenvalue weighted by Gasteiger charge is 2.24. The minimum atomic E-state index is -0.396. The Kier molecular flexibility index (Phi) is 5.81. The second-order valence-electron chi connectivity index (χ2n) is 7.00. The molecule has 27 heavy (non-hydrogen) atoms. The van der Waals surface area contributed by atoms with E-state index in [-0.39, 0.29) is 0 Å². The van der Waals surface area contributed by atoms with Gasteiger partial charge in [-0.2, -0.15) is 0 Å². The second kappa shape index (κ2) is 8.27. The van der Waals surface area contributed by atoms with Crippen LogP contribution in [0.5, 0.6) is 0 Å². The minimum Gasteiger partial charge on any atom is -0.460 e. The van der Waals surface area contributed by atoms with Crippen molar-refractivity contribution in [1.82, 2.24) is 0 Å². The van der Waals surface area contributed by atoms with E-state index >= 15 is 0 Å². The van der Waals surface area contributed by atoms with Crippen molar-refractivity contribution in [1.29, 1.82) is 0 Å². The zero-order valence-electron chi connectivity index (χ0n) is 16.4. The molecule has 1 unspecified atom stereocenters. The SMILES string of the molecule is CCOC(=O)c1oc2ccccc2c1C[NH+](C)Cc1ccc(N(C)C)cc1. The predicted octanol–water partition coefficient (Wildman–Crippen LogP) is 2.89. The molecular weight excluding hydrogens is 340 g/mol. The molecule has 0 aliphatic carbocycles. The first kappa shape index (κ1) is 19.0. The summed E-state index contributed by atoms with van der Waals surface area (Å²) < 4.78 is 11.0. The van der Waals surface area contributed by atoms with Gasteiger partial charge >= 0.3 is 5.97 Å². The van der Waals surface area contributed by atoms with Gasteiger partial charge in [-0.15, -0.1) is 0 Å². The van der Waals surface area contributed by atoms with Crippen molar-refractivity contribution in [3.63, 3.8) is 0 Å². The molecule has 1 heterocycles. The van der Waals surface area contributed by atoms with E-state index in [1.807, 2.05) is 38.4 Å². The van der Waals surface area contributed by atoms with E-state index in [2.05, 4.69) is 36.2 Å². The number of anilines is 1. The summed E-state index contributed by atoms with van der Waals surface area (Å²) in [6.07, 6.45) is 0. The minimum absolute atomic E-state index is 0.320. The number of para-hydroxylation sites is 1. The third-order valence-electron chi connectivity index (χ3n) is 4.60. The Morgan fingerprint density at radius 1 is 1.07 bits per heavy atom. The van der Waals surface area contributed by atoms with Gasteiger partial charge in [-0.1, -0.05) is 30.3 Å². The van der Waals surface area contributed by atoms with Crippen molar-refractivity contribution >= 4 is 22.6 Å². The Balaban J connectivity index is 1.82. The summed E-state index contributed by atoms with van der Waals surface area (Å²) in [5.41, 5.74) is 4.07. The van der Waals surface area contributed by atoms with Crippen LogP contribution in [0.3, 0.4) is 0 Å². The Morgan fingerprint density at radius 2 is 1.78 bits per heavy atom. The van der Waals surface area contributed by atoms with Gasteiger partial charge in [-0.25, -0.2) is 4.79 Å². The third-order valence-corrected chi connectivity index (χ3v) is 4.60. The first-order valence-electron chi connectivity index (χ1n) is 9.24. The number of rotatable bonds is 7. The van der Waals surface area contributed by atoms with Crippen molar-refractivity contribution < 1.29 is 18.8 Å². The number of nitrogens with one attached hydrogen (secondary N) is 1. The molecular formula is C22H27N2O3+. The molecule has 3 rings (SSSR count). The van der Waals surface area contributed by atoms with Crippen molar-refractivity contribution in [2.45, 2.75) is 20.0 Å². The average molecular weight is 367 g/mol. The van der Waals surface area contributed by atoms with Crippen LogP contribution in [-0.4, -0.2) is 33.7 Å². The zero-order chi connectivity index (χ0) is 19.4. The van der Waals surface area contributed by atoms with E-state index in [1.54, 1.807) is 6.92 Å². The lowest BCUT2D eigenvalue weighted by Gasteiger charge is -2.16. The molecule has 0 saturated heterocycles. The molecule has 142 valence electrons. The predicted molar refractivity (Wildman–Crippen MR) is 107 cm³/mol. The Morgan fingerprint density at radius 3 is 2.44 bits per heavy atom. The molecule has 5 nitrogen and oxygen atoms in total. The van der Waals surface area contributed by atoms with Crippen molar-refractivity contribution in [3.05, 3.63) is 65.4 Å². The summed E-state index contributed by atoms with van der Waals surface area (Å²) in [6, 6.07) is 16.3. The molecule has 1 N–H and O–H groups in total. The van der Waals surface area contributed by atoms with Crippen LogP contribution in [0.1, 0.15) is 28.6 Å². The number of fused-ring (bicyclic) bond motifs is 1. The Labute approximate surface area is 160 Å². The van der Waals surface area contributed by atoms with Gasteiger partial charge in [-0.3, -0.25) is 0 Å². The summed E-state index contributed by atoms with van der Waals surface area (Å²) in [7, 11) is 6.19. The number of quaternary nitrogens is 1. The van der Waals surface area contributed by atoms with E-state index in [1.165, 1.54) is 16.2 Å². The molecule has 0 amide bonds.